The van der Waals surface area contributed by atoms with Gasteiger partial charge in [-0.1, -0.05) is 5.76 Å². The Kier molecular flexibility index (Phi) is 5.13. The van der Waals surface area contributed by atoms with Crippen LogP contribution < -0.4 is 34.7 Å². The number of allylic oxidation sites excluding steroid dienone is 3. The summed E-state index contributed by atoms with van der Waals surface area (Å²) in [5.74, 6) is -0.709. The topological polar surface area (TPSA) is 157 Å². The number of hydrogen-bond donors (Lipinski definition) is 0. The molecule has 0 saturated carbocycles. The molecule has 0 saturated heterocycles. The Labute approximate surface area is 184 Å². The third-order valence-electron chi connectivity index (χ3n) is 4.67. The summed E-state index contributed by atoms with van der Waals surface area (Å²) in [6, 6.07) is 5.43. The van der Waals surface area contributed by atoms with Crippen LogP contribution in [0.1, 0.15) is 17.2 Å². The molecule has 2 aliphatic carbocycles. The molecule has 0 radical (unpaired) electrons. The Hall–Kier alpha value is -3.28. The van der Waals surface area contributed by atoms with Crippen LogP contribution in [0.3, 0.4) is 0 Å². The van der Waals surface area contributed by atoms with E-state index in [0.717, 1.165) is 18.2 Å². The van der Waals surface area contributed by atoms with Gasteiger partial charge in [-0.15, -0.1) is 0 Å². The number of benzene rings is 1. The van der Waals surface area contributed by atoms with E-state index in [1.165, 1.54) is 23.0 Å². The molecule has 1 aromatic carbocycles. The number of hydrogen-bond acceptors (Lipinski definition) is 7. The minimum Gasteiger partial charge on any atom is -0.872 e. The molecular weight excluding hydrogens is 395 g/mol. The van der Waals surface area contributed by atoms with Gasteiger partial charge in [-0.25, -0.2) is 0 Å². The van der Waals surface area contributed by atoms with Crippen LogP contribution in [0.15, 0.2) is 65.8 Å². The summed E-state index contributed by atoms with van der Waals surface area (Å²) in [5, 5.41) is 47.3. The summed E-state index contributed by atoms with van der Waals surface area (Å²) in [6.07, 6.45) is 3.85. The van der Waals surface area contributed by atoms with E-state index >= 15 is 0 Å². The average molecular weight is 404 g/mol. The molecule has 0 aliphatic heterocycles. The van der Waals surface area contributed by atoms with Crippen molar-refractivity contribution in [3.63, 3.8) is 0 Å². The summed E-state index contributed by atoms with van der Waals surface area (Å²) in [4.78, 5) is 32.0. The second-order valence-corrected chi connectivity index (χ2v) is 6.11. The van der Waals surface area contributed by atoms with Crippen LogP contribution >= 0.6 is 0 Å². The van der Waals surface area contributed by atoms with Gasteiger partial charge in [-0.3, -0.25) is 30.3 Å². The third-order valence-corrected chi connectivity index (χ3v) is 4.67. The van der Waals surface area contributed by atoms with Crippen molar-refractivity contribution >= 4 is 17.0 Å². The molecule has 1 atom stereocenters. The molecule has 4 rings (SSSR count). The Bertz CT molecular complexity index is 1160. The Balaban J connectivity index is 0.00000240. The fourth-order valence-corrected chi connectivity index (χ4v) is 3.55. The van der Waals surface area contributed by atoms with Crippen molar-refractivity contribution in [3.05, 3.63) is 107 Å². The first-order valence-corrected chi connectivity index (χ1v) is 7.89. The van der Waals surface area contributed by atoms with Gasteiger partial charge < -0.3 is 9.67 Å². The van der Waals surface area contributed by atoms with Crippen LogP contribution in [0.5, 0.6) is 0 Å². The average Bonchev–Trinajstić information content (AvgIpc) is 3.27. The predicted octanol–water partition coefficient (Wildman–Crippen LogP) is -1.11. The van der Waals surface area contributed by atoms with Crippen LogP contribution in [0.2, 0.25) is 0 Å². The van der Waals surface area contributed by atoms with Gasteiger partial charge in [-0.2, -0.15) is 0 Å². The van der Waals surface area contributed by atoms with E-state index in [9.17, 15) is 35.4 Å². The number of nitro benzene ring substituents is 1. The van der Waals surface area contributed by atoms with E-state index in [4.69, 9.17) is 0 Å². The molecule has 2 aromatic rings. The summed E-state index contributed by atoms with van der Waals surface area (Å²) >= 11 is 0. The number of rotatable bonds is 4. The van der Waals surface area contributed by atoms with Crippen LogP contribution in [0.25, 0.3) is 11.3 Å². The van der Waals surface area contributed by atoms with Crippen molar-refractivity contribution in [2.45, 2.75) is 6.04 Å². The second kappa shape index (κ2) is 7.28. The molecule has 0 fully saturated rings. The van der Waals surface area contributed by atoms with Gasteiger partial charge in [0.2, 0.25) is 0 Å². The maximum absolute atomic E-state index is 13.1. The fourth-order valence-electron chi connectivity index (χ4n) is 3.55. The van der Waals surface area contributed by atoms with Gasteiger partial charge >= 0.3 is 29.6 Å². The first-order chi connectivity index (χ1) is 13.3. The van der Waals surface area contributed by atoms with Crippen molar-refractivity contribution in [1.29, 1.82) is 0 Å². The van der Waals surface area contributed by atoms with Crippen molar-refractivity contribution in [2.24, 2.45) is 0 Å². The number of non-ortho nitro benzene ring substituents is 1. The quantitative estimate of drug-likeness (QED) is 0.355. The zero-order valence-corrected chi connectivity index (χ0v) is 16.8. The summed E-state index contributed by atoms with van der Waals surface area (Å²) in [7, 11) is 0. The molecule has 1 heterocycles. The molecule has 1 aromatic heterocycles. The zero-order valence-electron chi connectivity index (χ0n) is 14.8. The molecular formula is C17H9N4NaO7. The SMILES string of the molecule is O=[N+]([O-])C1=CC([N+](=O)[O-])=C2C(=C([O-])c3cc([N+](=O)[O-])ccc32)C1n1cccc1.[Na+]. The number of fused-ring (bicyclic) bond motifs is 3. The largest absolute Gasteiger partial charge is 1.00 e. The van der Waals surface area contributed by atoms with Gasteiger partial charge in [0, 0.05) is 24.5 Å². The van der Waals surface area contributed by atoms with E-state index < -0.39 is 38.0 Å². The van der Waals surface area contributed by atoms with E-state index in [0.29, 0.717) is 0 Å². The fraction of sp³-hybridized carbons (Fsp3) is 0.0588. The number of nitrogens with zero attached hydrogens (tertiary/aromatic N) is 4. The Morgan fingerprint density at radius 2 is 1.55 bits per heavy atom. The van der Waals surface area contributed by atoms with E-state index in [1.54, 1.807) is 12.1 Å². The van der Waals surface area contributed by atoms with Gasteiger partial charge in [-0.05, 0) is 34.9 Å². The minimum atomic E-state index is -1.19. The van der Waals surface area contributed by atoms with Gasteiger partial charge in [0.15, 0.2) is 0 Å². The van der Waals surface area contributed by atoms with Gasteiger partial charge in [0.25, 0.3) is 17.1 Å². The molecule has 0 spiro atoms. The third kappa shape index (κ3) is 3.05. The molecule has 140 valence electrons. The first-order valence-electron chi connectivity index (χ1n) is 7.89. The Morgan fingerprint density at radius 3 is 2.10 bits per heavy atom. The summed E-state index contributed by atoms with van der Waals surface area (Å²) < 4.78 is 1.40. The summed E-state index contributed by atoms with van der Waals surface area (Å²) in [5.41, 5.74) is -1.61. The van der Waals surface area contributed by atoms with Crippen LogP contribution in [-0.4, -0.2) is 19.3 Å². The van der Waals surface area contributed by atoms with E-state index in [1.807, 2.05) is 0 Å². The van der Waals surface area contributed by atoms with Crippen LogP contribution in [-0.2, 0) is 0 Å². The normalized spacial score (nSPS) is 17.2. The first kappa shape index (κ1) is 20.5. The standard InChI is InChI=1S/C17H10N4O7.Na/c22-17-11-7-9(19(23)24)3-4-10(11)14-12(20(25)26)8-13(21(27)28)16(15(14)17)18-5-1-2-6-18;/h1-8,16,22H;/q;+1/p-1. The van der Waals surface area contributed by atoms with Gasteiger partial charge in [0.05, 0.1) is 26.4 Å². The smallest absolute Gasteiger partial charge is 0.872 e. The molecule has 12 heteroatoms. The minimum absolute atomic E-state index is 0. The maximum atomic E-state index is 13.1. The van der Waals surface area contributed by atoms with Gasteiger partial charge in [0.1, 0.15) is 6.04 Å². The monoisotopic (exact) mass is 404 g/mol. The van der Waals surface area contributed by atoms with E-state index in [-0.39, 0.29) is 57.5 Å². The van der Waals surface area contributed by atoms with Crippen molar-refractivity contribution in [2.75, 3.05) is 0 Å². The maximum Gasteiger partial charge on any atom is 1.00 e. The zero-order chi connectivity index (χ0) is 20.2. The van der Waals surface area contributed by atoms with Crippen molar-refractivity contribution in [1.82, 2.24) is 4.57 Å². The molecule has 0 bridgehead atoms. The van der Waals surface area contributed by atoms with Crippen LogP contribution in [0, 0.1) is 30.3 Å². The summed E-state index contributed by atoms with van der Waals surface area (Å²) in [6.45, 7) is 0. The predicted molar refractivity (Wildman–Crippen MR) is 92.5 cm³/mol. The molecule has 0 N–H and O–H groups in total. The van der Waals surface area contributed by atoms with E-state index in [2.05, 4.69) is 0 Å². The second-order valence-electron chi connectivity index (χ2n) is 6.11. The Morgan fingerprint density at radius 1 is 0.897 bits per heavy atom. The molecule has 2 aliphatic rings. The van der Waals surface area contributed by atoms with Crippen molar-refractivity contribution in [3.8, 4) is 0 Å². The molecule has 0 amide bonds. The number of nitro groups is 3. The number of aromatic nitrogens is 1. The molecule has 11 nitrogen and oxygen atoms in total. The van der Waals surface area contributed by atoms with Crippen molar-refractivity contribution < 1.29 is 49.4 Å². The molecule has 29 heavy (non-hydrogen) atoms. The molecule has 1 unspecified atom stereocenters. The van der Waals surface area contributed by atoms with Crippen LogP contribution in [0.4, 0.5) is 5.69 Å².